The van der Waals surface area contributed by atoms with Gasteiger partial charge in [-0.25, -0.2) is 0 Å². The van der Waals surface area contributed by atoms with Crippen molar-refractivity contribution in [3.63, 3.8) is 0 Å². The first kappa shape index (κ1) is 11.3. The average Bonchev–Trinajstić information content (AvgIpc) is 2.26. The normalized spacial score (nSPS) is 11.5. The molecule has 0 spiro atoms. The minimum absolute atomic E-state index is 0.128. The Morgan fingerprint density at radius 2 is 2.07 bits per heavy atom. The second kappa shape index (κ2) is 5.16. The van der Waals surface area contributed by atoms with Crippen LogP contribution in [0.15, 0.2) is 24.3 Å². The fourth-order valence-electron chi connectivity index (χ4n) is 1.10. The van der Waals surface area contributed by atoms with E-state index >= 15 is 0 Å². The van der Waals surface area contributed by atoms with E-state index in [9.17, 15) is 4.79 Å². The summed E-state index contributed by atoms with van der Waals surface area (Å²) in [6.07, 6.45) is 0. The number of carbonyl (C=O) groups excluding carboxylic acids is 1. The number of amides is 1. The SMILES string of the molecule is Cc1ccc(C(=O)NCC(C)C#N)cc1. The highest BCUT2D eigenvalue weighted by Crippen LogP contribution is 2.02. The lowest BCUT2D eigenvalue weighted by Crippen LogP contribution is -2.27. The number of hydrogen-bond donors (Lipinski definition) is 1. The first-order chi connectivity index (χ1) is 7.13. The predicted octanol–water partition coefficient (Wildman–Crippen LogP) is 1.88. The summed E-state index contributed by atoms with van der Waals surface area (Å²) in [7, 11) is 0. The lowest BCUT2D eigenvalue weighted by atomic mass is 10.1. The maximum atomic E-state index is 11.6. The fourth-order valence-corrected chi connectivity index (χ4v) is 1.10. The Kier molecular flexibility index (Phi) is 3.87. The van der Waals surface area contributed by atoms with Crippen LogP contribution in [0.3, 0.4) is 0 Å². The van der Waals surface area contributed by atoms with Crippen LogP contribution < -0.4 is 5.32 Å². The minimum Gasteiger partial charge on any atom is -0.351 e. The first-order valence-electron chi connectivity index (χ1n) is 4.88. The Bertz CT molecular complexity index is 376. The van der Waals surface area contributed by atoms with Gasteiger partial charge in [-0.2, -0.15) is 5.26 Å². The van der Waals surface area contributed by atoms with Gasteiger partial charge < -0.3 is 5.32 Å². The predicted molar refractivity (Wildman–Crippen MR) is 58.3 cm³/mol. The fraction of sp³-hybridized carbons (Fsp3) is 0.333. The van der Waals surface area contributed by atoms with E-state index in [0.29, 0.717) is 12.1 Å². The number of nitrogens with one attached hydrogen (secondary N) is 1. The van der Waals surface area contributed by atoms with Crippen molar-refractivity contribution >= 4 is 5.91 Å². The van der Waals surface area contributed by atoms with Gasteiger partial charge in [0, 0.05) is 12.1 Å². The van der Waals surface area contributed by atoms with Crippen molar-refractivity contribution in [1.29, 1.82) is 5.26 Å². The molecule has 3 nitrogen and oxygen atoms in total. The van der Waals surface area contributed by atoms with Crippen molar-refractivity contribution in [1.82, 2.24) is 5.32 Å². The highest BCUT2D eigenvalue weighted by Gasteiger charge is 2.06. The summed E-state index contributed by atoms with van der Waals surface area (Å²) in [6, 6.07) is 9.41. The van der Waals surface area contributed by atoms with Gasteiger partial charge >= 0.3 is 0 Å². The summed E-state index contributed by atoms with van der Waals surface area (Å²) in [4.78, 5) is 11.6. The molecular weight excluding hydrogens is 188 g/mol. The maximum absolute atomic E-state index is 11.6. The zero-order chi connectivity index (χ0) is 11.3. The molecule has 0 aliphatic heterocycles. The molecular formula is C12H14N2O. The lowest BCUT2D eigenvalue weighted by Gasteiger charge is -2.06. The Hall–Kier alpha value is -1.82. The van der Waals surface area contributed by atoms with Crippen molar-refractivity contribution < 1.29 is 4.79 Å². The average molecular weight is 202 g/mol. The van der Waals surface area contributed by atoms with Gasteiger partial charge in [0.05, 0.1) is 12.0 Å². The highest BCUT2D eigenvalue weighted by molar-refractivity contribution is 5.94. The second-order valence-corrected chi connectivity index (χ2v) is 3.61. The Labute approximate surface area is 89.7 Å². The molecule has 0 radical (unpaired) electrons. The number of benzene rings is 1. The molecule has 1 amide bonds. The van der Waals surface area contributed by atoms with Crippen molar-refractivity contribution in [2.75, 3.05) is 6.54 Å². The van der Waals surface area contributed by atoms with Crippen LogP contribution in [0.4, 0.5) is 0 Å². The molecule has 15 heavy (non-hydrogen) atoms. The van der Waals surface area contributed by atoms with Crippen molar-refractivity contribution in [3.8, 4) is 6.07 Å². The van der Waals surface area contributed by atoms with E-state index in [0.717, 1.165) is 5.56 Å². The molecule has 0 aliphatic rings. The summed E-state index contributed by atoms with van der Waals surface area (Å²) >= 11 is 0. The first-order valence-corrected chi connectivity index (χ1v) is 4.88. The van der Waals surface area contributed by atoms with Crippen LogP contribution in [0.5, 0.6) is 0 Å². The molecule has 1 N–H and O–H groups in total. The van der Waals surface area contributed by atoms with Gasteiger partial charge in [0.15, 0.2) is 0 Å². The number of carbonyl (C=O) groups is 1. The van der Waals surface area contributed by atoms with Crippen LogP contribution in [0.25, 0.3) is 0 Å². The number of rotatable bonds is 3. The summed E-state index contributed by atoms with van der Waals surface area (Å²) in [6.45, 7) is 4.14. The standard InChI is InChI=1S/C12H14N2O/c1-9-3-5-11(6-4-9)12(15)14-8-10(2)7-13/h3-6,10H,8H2,1-2H3,(H,14,15). The molecule has 0 heterocycles. The highest BCUT2D eigenvalue weighted by atomic mass is 16.1. The van der Waals surface area contributed by atoms with Crippen LogP contribution >= 0.6 is 0 Å². The molecule has 3 heteroatoms. The van der Waals surface area contributed by atoms with Crippen molar-refractivity contribution in [3.05, 3.63) is 35.4 Å². The van der Waals surface area contributed by atoms with Crippen LogP contribution in [0.2, 0.25) is 0 Å². The Morgan fingerprint density at radius 1 is 1.47 bits per heavy atom. The quantitative estimate of drug-likeness (QED) is 0.813. The Balaban J connectivity index is 2.55. The van der Waals surface area contributed by atoms with Gasteiger partial charge in [0.25, 0.3) is 5.91 Å². The topological polar surface area (TPSA) is 52.9 Å². The molecule has 0 aliphatic carbocycles. The van der Waals surface area contributed by atoms with Crippen LogP contribution in [0.1, 0.15) is 22.8 Å². The molecule has 0 fully saturated rings. The van der Waals surface area contributed by atoms with Gasteiger partial charge in [-0.3, -0.25) is 4.79 Å². The van der Waals surface area contributed by atoms with Gasteiger partial charge in [-0.15, -0.1) is 0 Å². The molecule has 78 valence electrons. The second-order valence-electron chi connectivity index (χ2n) is 3.61. The number of hydrogen-bond acceptors (Lipinski definition) is 2. The van der Waals surface area contributed by atoms with Crippen LogP contribution in [-0.2, 0) is 0 Å². The summed E-state index contributed by atoms with van der Waals surface area (Å²) < 4.78 is 0. The van der Waals surface area contributed by atoms with Crippen LogP contribution in [0, 0.1) is 24.2 Å². The van der Waals surface area contributed by atoms with Gasteiger partial charge in [0.1, 0.15) is 0 Å². The number of aryl methyl sites for hydroxylation is 1. The monoisotopic (exact) mass is 202 g/mol. The summed E-state index contributed by atoms with van der Waals surface area (Å²) in [5.74, 6) is -0.281. The van der Waals surface area contributed by atoms with E-state index in [1.165, 1.54) is 0 Å². The molecule has 0 aromatic heterocycles. The van der Waals surface area contributed by atoms with E-state index in [4.69, 9.17) is 5.26 Å². The van der Waals surface area contributed by atoms with E-state index in [2.05, 4.69) is 11.4 Å². The molecule has 1 aromatic carbocycles. The van der Waals surface area contributed by atoms with Gasteiger partial charge in [0.2, 0.25) is 0 Å². The summed E-state index contributed by atoms with van der Waals surface area (Å²) in [5.41, 5.74) is 1.75. The zero-order valence-corrected chi connectivity index (χ0v) is 8.95. The van der Waals surface area contributed by atoms with Gasteiger partial charge in [-0.1, -0.05) is 17.7 Å². The third kappa shape index (κ3) is 3.43. The molecule has 1 aromatic rings. The van der Waals surface area contributed by atoms with Crippen LogP contribution in [-0.4, -0.2) is 12.5 Å². The van der Waals surface area contributed by atoms with E-state index in [-0.39, 0.29) is 11.8 Å². The smallest absolute Gasteiger partial charge is 0.251 e. The molecule has 0 saturated heterocycles. The molecule has 1 rings (SSSR count). The van der Waals surface area contributed by atoms with Gasteiger partial charge in [-0.05, 0) is 26.0 Å². The maximum Gasteiger partial charge on any atom is 0.251 e. The number of nitrogens with zero attached hydrogens (tertiary/aromatic N) is 1. The van der Waals surface area contributed by atoms with E-state index < -0.39 is 0 Å². The third-order valence-corrected chi connectivity index (χ3v) is 2.10. The molecule has 0 saturated carbocycles. The largest absolute Gasteiger partial charge is 0.351 e. The zero-order valence-electron chi connectivity index (χ0n) is 8.95. The minimum atomic E-state index is -0.153. The van der Waals surface area contributed by atoms with Crippen molar-refractivity contribution in [2.45, 2.75) is 13.8 Å². The van der Waals surface area contributed by atoms with Crippen molar-refractivity contribution in [2.24, 2.45) is 5.92 Å². The molecule has 1 unspecified atom stereocenters. The molecule has 1 atom stereocenters. The summed E-state index contributed by atoms with van der Waals surface area (Å²) in [5, 5.41) is 11.3. The molecule has 0 bridgehead atoms. The van der Waals surface area contributed by atoms with E-state index in [1.54, 1.807) is 19.1 Å². The Morgan fingerprint density at radius 3 is 2.60 bits per heavy atom. The third-order valence-electron chi connectivity index (χ3n) is 2.10. The number of nitriles is 1. The van der Waals surface area contributed by atoms with E-state index in [1.807, 2.05) is 19.1 Å². The lowest BCUT2D eigenvalue weighted by molar-refractivity contribution is 0.0951.